The quantitative estimate of drug-likeness (QED) is 0.0936. The minimum atomic E-state index is -0.200. The molecule has 0 saturated carbocycles. The molecule has 278 valence electrons. The Bertz CT molecular complexity index is 1480. The highest BCUT2D eigenvalue weighted by Crippen LogP contribution is 2.23. The number of carbonyl (C=O) groups is 2. The van der Waals surface area contributed by atoms with E-state index in [-0.39, 0.29) is 37.0 Å². The van der Waals surface area contributed by atoms with Crippen molar-refractivity contribution < 1.29 is 9.59 Å². The molecule has 52 heavy (non-hydrogen) atoms. The summed E-state index contributed by atoms with van der Waals surface area (Å²) in [5.74, 6) is 0.417. The number of nitrogens with zero attached hydrogens (tertiary/aromatic N) is 4. The topological polar surface area (TPSA) is 119 Å². The van der Waals surface area contributed by atoms with Crippen LogP contribution in [0.5, 0.6) is 0 Å². The first kappa shape index (κ1) is 38.4. The summed E-state index contributed by atoms with van der Waals surface area (Å²) in [6.45, 7) is 7.46. The van der Waals surface area contributed by atoms with Gasteiger partial charge >= 0.3 is 0 Å². The van der Waals surface area contributed by atoms with Gasteiger partial charge in [-0.1, -0.05) is 119 Å². The van der Waals surface area contributed by atoms with E-state index in [0.717, 1.165) is 51.6 Å². The third-order valence-electron chi connectivity index (χ3n) is 10.1. The van der Waals surface area contributed by atoms with Crippen LogP contribution in [0, 0.1) is 10.8 Å². The van der Waals surface area contributed by atoms with Crippen molar-refractivity contribution in [2.45, 2.75) is 90.1 Å². The van der Waals surface area contributed by atoms with E-state index >= 15 is 0 Å². The molecular weight excluding hydrogens is 649 g/mol. The number of benzene rings is 3. The van der Waals surface area contributed by atoms with Crippen molar-refractivity contribution >= 4 is 35.1 Å². The van der Waals surface area contributed by atoms with Crippen LogP contribution in [0.2, 0.25) is 0 Å². The second-order valence-corrected chi connectivity index (χ2v) is 14.3. The maximum atomic E-state index is 13.3. The first-order valence-corrected chi connectivity index (χ1v) is 19.3. The van der Waals surface area contributed by atoms with Crippen LogP contribution in [-0.4, -0.2) is 94.7 Å². The average molecular weight is 707 g/mol. The third-order valence-corrected chi connectivity index (χ3v) is 10.1. The Morgan fingerprint density at radius 2 is 1.02 bits per heavy atom. The van der Waals surface area contributed by atoms with Gasteiger partial charge in [0.1, 0.15) is 13.1 Å². The summed E-state index contributed by atoms with van der Waals surface area (Å²) in [6, 6.07) is 28.2. The Morgan fingerprint density at radius 1 is 0.596 bits per heavy atom. The van der Waals surface area contributed by atoms with Crippen molar-refractivity contribution in [1.82, 2.24) is 19.6 Å². The Morgan fingerprint density at radius 3 is 1.42 bits per heavy atom. The predicted molar refractivity (Wildman–Crippen MR) is 212 cm³/mol. The van der Waals surface area contributed by atoms with Gasteiger partial charge in [0.2, 0.25) is 11.8 Å². The van der Waals surface area contributed by atoms with Crippen molar-refractivity contribution in [2.75, 3.05) is 49.9 Å². The molecular formula is C42H58N8O2. The fourth-order valence-electron chi connectivity index (χ4n) is 7.41. The molecule has 2 heterocycles. The molecule has 2 amide bonds. The molecule has 0 aliphatic carbocycles. The molecule has 10 nitrogen and oxygen atoms in total. The van der Waals surface area contributed by atoms with Gasteiger partial charge in [-0.25, -0.2) is 0 Å². The summed E-state index contributed by atoms with van der Waals surface area (Å²) in [6.07, 6.45) is 10.7. The fourth-order valence-corrected chi connectivity index (χ4v) is 7.41. The molecule has 5 rings (SSSR count). The van der Waals surface area contributed by atoms with Gasteiger partial charge in [-0.15, -0.1) is 0 Å². The van der Waals surface area contributed by atoms with Gasteiger partial charge in [-0.05, 0) is 55.0 Å². The minimum absolute atomic E-state index is 0.0856. The van der Waals surface area contributed by atoms with Gasteiger partial charge in [0.15, 0.2) is 11.9 Å². The Labute approximate surface area is 310 Å². The van der Waals surface area contributed by atoms with Crippen molar-refractivity contribution in [1.29, 1.82) is 10.8 Å². The normalized spacial score (nSPS) is 17.3. The van der Waals surface area contributed by atoms with E-state index in [1.807, 2.05) is 64.4 Å². The van der Waals surface area contributed by atoms with E-state index in [9.17, 15) is 9.59 Å². The smallest absolute Gasteiger partial charge is 0.244 e. The fraction of sp³-hybridized carbons (Fsp3) is 0.476. The van der Waals surface area contributed by atoms with E-state index in [2.05, 4.69) is 58.5 Å². The van der Waals surface area contributed by atoms with Gasteiger partial charge in [-0.2, -0.15) is 0 Å². The molecule has 0 spiro atoms. The van der Waals surface area contributed by atoms with Gasteiger partial charge < -0.3 is 30.2 Å². The molecule has 10 heteroatoms. The summed E-state index contributed by atoms with van der Waals surface area (Å²) in [4.78, 5) is 34.7. The molecule has 2 saturated heterocycles. The highest BCUT2D eigenvalue weighted by atomic mass is 16.2. The molecule has 0 bridgehead atoms. The summed E-state index contributed by atoms with van der Waals surface area (Å²) >= 11 is 0. The summed E-state index contributed by atoms with van der Waals surface area (Å²) in [5, 5.41) is 23.9. The van der Waals surface area contributed by atoms with Crippen LogP contribution in [-0.2, 0) is 22.4 Å². The third kappa shape index (κ3) is 11.1. The molecule has 0 unspecified atom stereocenters. The van der Waals surface area contributed by atoms with Crippen LogP contribution in [0.4, 0.5) is 11.4 Å². The number of carbonyl (C=O) groups excluding carboxylic acids is 2. The standard InChI is InChI=1S/C42H58N8O2/c1-3-5-7-15-24-49-37(26-33-18-11-9-12-19-33)29-47(41(49)43)31-39(51)45-35-22-17-23-36(28-35)46-40(52)32-48-30-38(27-34-20-13-10-14-21-34)50(42(48)44)25-16-8-6-4-2/h9-14,17-23,28,37-38,43-44H,3-8,15-16,24-27,29-32H2,1-2H3,(H,45,51)(H,46,52)/t37-,38-/m0/s1. The van der Waals surface area contributed by atoms with E-state index in [4.69, 9.17) is 10.8 Å². The zero-order valence-electron chi connectivity index (χ0n) is 31.2. The van der Waals surface area contributed by atoms with Crippen LogP contribution in [0.1, 0.15) is 76.3 Å². The molecule has 2 aliphatic heterocycles. The van der Waals surface area contributed by atoms with Gasteiger partial charge in [0, 0.05) is 37.6 Å². The van der Waals surface area contributed by atoms with Crippen molar-refractivity contribution in [3.05, 3.63) is 96.1 Å². The maximum Gasteiger partial charge on any atom is 0.244 e. The lowest BCUT2D eigenvalue weighted by Gasteiger charge is -2.25. The number of guanidine groups is 2. The molecule has 0 aromatic heterocycles. The number of anilines is 2. The number of hydrogen-bond acceptors (Lipinski definition) is 4. The first-order valence-electron chi connectivity index (χ1n) is 19.3. The summed E-state index contributed by atoms with van der Waals surface area (Å²) < 4.78 is 0. The monoisotopic (exact) mass is 706 g/mol. The van der Waals surface area contributed by atoms with Gasteiger partial charge in [0.25, 0.3) is 0 Å². The predicted octanol–water partition coefficient (Wildman–Crippen LogP) is 7.05. The van der Waals surface area contributed by atoms with Gasteiger partial charge in [-0.3, -0.25) is 20.4 Å². The second kappa shape index (κ2) is 19.7. The number of hydrogen-bond donors (Lipinski definition) is 4. The molecule has 3 aromatic carbocycles. The zero-order valence-corrected chi connectivity index (χ0v) is 31.2. The molecule has 2 aliphatic rings. The zero-order chi connectivity index (χ0) is 36.7. The van der Waals surface area contributed by atoms with Gasteiger partial charge in [0.05, 0.1) is 12.1 Å². The van der Waals surface area contributed by atoms with E-state index < -0.39 is 0 Å². The van der Waals surface area contributed by atoms with Crippen LogP contribution < -0.4 is 10.6 Å². The van der Waals surface area contributed by atoms with Crippen LogP contribution in [0.15, 0.2) is 84.9 Å². The molecule has 2 fully saturated rings. The first-order chi connectivity index (χ1) is 25.3. The molecule has 4 N–H and O–H groups in total. The Balaban J connectivity index is 1.15. The minimum Gasteiger partial charge on any atom is -0.338 e. The Kier molecular flexibility index (Phi) is 14.5. The maximum absolute atomic E-state index is 13.3. The number of rotatable bonds is 20. The second-order valence-electron chi connectivity index (χ2n) is 14.3. The lowest BCUT2D eigenvalue weighted by molar-refractivity contribution is -0.117. The van der Waals surface area contributed by atoms with Crippen molar-refractivity contribution in [3.63, 3.8) is 0 Å². The Hall–Kier alpha value is -4.86. The summed E-state index contributed by atoms with van der Waals surface area (Å²) in [5.41, 5.74) is 3.64. The average Bonchev–Trinajstić information content (AvgIpc) is 3.58. The van der Waals surface area contributed by atoms with E-state index in [1.54, 1.807) is 6.07 Å². The summed E-state index contributed by atoms with van der Waals surface area (Å²) in [7, 11) is 0. The highest BCUT2D eigenvalue weighted by molar-refractivity contribution is 5.98. The SMILES string of the molecule is CCCCCCN1C(=N)N(CC(=O)Nc2cccc(NC(=O)CN3C[C@H](Cc4ccccc4)N(CCCCCC)C3=N)c2)C[C@@H]1Cc1ccccc1. The lowest BCUT2D eigenvalue weighted by atomic mass is 10.1. The largest absolute Gasteiger partial charge is 0.338 e. The van der Waals surface area contributed by atoms with E-state index in [1.165, 1.54) is 36.8 Å². The van der Waals surface area contributed by atoms with Crippen molar-refractivity contribution in [3.8, 4) is 0 Å². The van der Waals surface area contributed by atoms with Crippen LogP contribution >= 0.6 is 0 Å². The number of amides is 2. The van der Waals surface area contributed by atoms with Crippen LogP contribution in [0.3, 0.4) is 0 Å². The highest BCUT2D eigenvalue weighted by Gasteiger charge is 2.36. The molecule has 3 aromatic rings. The van der Waals surface area contributed by atoms with Crippen molar-refractivity contribution in [2.24, 2.45) is 0 Å². The lowest BCUT2D eigenvalue weighted by Crippen LogP contribution is -2.39. The van der Waals surface area contributed by atoms with Crippen LogP contribution in [0.25, 0.3) is 0 Å². The number of nitrogens with one attached hydrogen (secondary N) is 4. The molecule has 0 radical (unpaired) electrons. The number of unbranched alkanes of at least 4 members (excludes halogenated alkanes) is 6. The van der Waals surface area contributed by atoms with E-state index in [0.29, 0.717) is 36.4 Å². The molecule has 2 atom stereocenters.